The molecule has 0 aliphatic rings. The molecule has 0 amide bonds. The Balaban J connectivity index is 2.07. The molecular formula is C15H19N3O2S. The minimum atomic E-state index is -3.41. The van der Waals surface area contributed by atoms with E-state index in [0.717, 1.165) is 16.8 Å². The third-order valence-corrected chi connectivity index (χ3v) is 4.43. The van der Waals surface area contributed by atoms with E-state index in [1.807, 2.05) is 31.2 Å². The second-order valence-corrected chi connectivity index (χ2v) is 6.69. The molecule has 0 saturated carbocycles. The van der Waals surface area contributed by atoms with Crippen molar-refractivity contribution >= 4 is 15.7 Å². The average molecular weight is 305 g/mol. The Hall–Kier alpha value is -1.92. The molecule has 2 aromatic rings. The zero-order valence-electron chi connectivity index (χ0n) is 11.9. The minimum Gasteiger partial charge on any atom is -0.326 e. The summed E-state index contributed by atoms with van der Waals surface area (Å²) < 4.78 is 26.9. The van der Waals surface area contributed by atoms with Crippen molar-refractivity contribution in [2.75, 3.05) is 10.5 Å². The van der Waals surface area contributed by atoms with Crippen molar-refractivity contribution in [2.45, 2.75) is 19.9 Å². The van der Waals surface area contributed by atoms with Crippen LogP contribution in [0.4, 0.5) is 5.69 Å². The molecule has 0 saturated heterocycles. The SMILES string of the molecule is Cc1ccc(CN)cc1NS(=O)(=O)CCc1ccccn1. The van der Waals surface area contributed by atoms with Gasteiger partial charge in [-0.25, -0.2) is 8.42 Å². The second kappa shape index (κ2) is 6.69. The van der Waals surface area contributed by atoms with Gasteiger partial charge in [0.25, 0.3) is 0 Å². The number of aromatic nitrogens is 1. The summed E-state index contributed by atoms with van der Waals surface area (Å²) in [7, 11) is -3.41. The van der Waals surface area contributed by atoms with Crippen molar-refractivity contribution in [2.24, 2.45) is 5.73 Å². The molecule has 1 aromatic heterocycles. The van der Waals surface area contributed by atoms with Gasteiger partial charge in [0.2, 0.25) is 10.0 Å². The predicted octanol–water partition coefficient (Wildman–Crippen LogP) is 1.83. The number of hydrogen-bond acceptors (Lipinski definition) is 4. The molecule has 0 bridgehead atoms. The van der Waals surface area contributed by atoms with Gasteiger partial charge in [-0.3, -0.25) is 9.71 Å². The van der Waals surface area contributed by atoms with Gasteiger partial charge < -0.3 is 5.73 Å². The molecule has 21 heavy (non-hydrogen) atoms. The van der Waals surface area contributed by atoms with Crippen LogP contribution in [0.5, 0.6) is 0 Å². The van der Waals surface area contributed by atoms with E-state index in [1.54, 1.807) is 18.3 Å². The lowest BCUT2D eigenvalue weighted by molar-refractivity contribution is 0.600. The monoisotopic (exact) mass is 305 g/mol. The van der Waals surface area contributed by atoms with Crippen LogP contribution in [0, 0.1) is 6.92 Å². The quantitative estimate of drug-likeness (QED) is 0.852. The molecule has 1 heterocycles. The van der Waals surface area contributed by atoms with E-state index in [0.29, 0.717) is 18.7 Å². The maximum atomic E-state index is 12.2. The highest BCUT2D eigenvalue weighted by Gasteiger charge is 2.12. The number of aryl methyl sites for hydroxylation is 2. The van der Waals surface area contributed by atoms with Crippen molar-refractivity contribution < 1.29 is 8.42 Å². The van der Waals surface area contributed by atoms with Crippen LogP contribution < -0.4 is 10.5 Å². The first-order valence-corrected chi connectivity index (χ1v) is 8.35. The lowest BCUT2D eigenvalue weighted by Crippen LogP contribution is -2.19. The molecule has 1 aromatic carbocycles. The number of benzene rings is 1. The van der Waals surface area contributed by atoms with Crippen LogP contribution in [0.15, 0.2) is 42.6 Å². The summed E-state index contributed by atoms with van der Waals surface area (Å²) in [6, 6.07) is 11.0. The summed E-state index contributed by atoms with van der Waals surface area (Å²) >= 11 is 0. The fraction of sp³-hybridized carbons (Fsp3) is 0.267. The number of pyridine rings is 1. The van der Waals surface area contributed by atoms with E-state index >= 15 is 0 Å². The van der Waals surface area contributed by atoms with Crippen LogP contribution >= 0.6 is 0 Å². The molecule has 0 aliphatic carbocycles. The second-order valence-electron chi connectivity index (χ2n) is 4.85. The van der Waals surface area contributed by atoms with Gasteiger partial charge in [0, 0.05) is 24.9 Å². The normalized spacial score (nSPS) is 11.3. The Bertz CT molecular complexity index is 700. The van der Waals surface area contributed by atoms with Gasteiger partial charge in [-0.2, -0.15) is 0 Å². The summed E-state index contributed by atoms with van der Waals surface area (Å²) in [5.41, 5.74) is 8.68. The molecule has 6 heteroatoms. The Morgan fingerprint density at radius 3 is 2.71 bits per heavy atom. The van der Waals surface area contributed by atoms with Gasteiger partial charge in [0.05, 0.1) is 11.4 Å². The average Bonchev–Trinajstić information content (AvgIpc) is 2.48. The first-order chi connectivity index (χ1) is 10.00. The molecule has 0 radical (unpaired) electrons. The summed E-state index contributed by atoms with van der Waals surface area (Å²) in [5, 5.41) is 0. The smallest absolute Gasteiger partial charge is 0.233 e. The standard InChI is InChI=1S/C15H19N3O2S/c1-12-5-6-13(11-16)10-15(12)18-21(19,20)9-7-14-4-2-3-8-17-14/h2-6,8,10,18H,7,9,11,16H2,1H3. The molecule has 0 atom stereocenters. The molecule has 112 valence electrons. The lowest BCUT2D eigenvalue weighted by atomic mass is 10.1. The summed E-state index contributed by atoms with van der Waals surface area (Å²) in [6.07, 6.45) is 2.04. The van der Waals surface area contributed by atoms with Crippen molar-refractivity contribution in [3.63, 3.8) is 0 Å². The third kappa shape index (κ3) is 4.54. The largest absolute Gasteiger partial charge is 0.326 e. The topological polar surface area (TPSA) is 85.1 Å². The van der Waals surface area contributed by atoms with E-state index in [2.05, 4.69) is 9.71 Å². The van der Waals surface area contributed by atoms with Crippen LogP contribution in [-0.2, 0) is 23.0 Å². The Morgan fingerprint density at radius 2 is 2.05 bits per heavy atom. The van der Waals surface area contributed by atoms with Crippen molar-refractivity contribution in [3.8, 4) is 0 Å². The van der Waals surface area contributed by atoms with Crippen molar-refractivity contribution in [3.05, 3.63) is 59.4 Å². The van der Waals surface area contributed by atoms with Crippen LogP contribution in [0.3, 0.4) is 0 Å². The predicted molar refractivity (Wildman–Crippen MR) is 84.4 cm³/mol. The molecule has 0 spiro atoms. The van der Waals surface area contributed by atoms with Crippen LogP contribution in [0.25, 0.3) is 0 Å². The van der Waals surface area contributed by atoms with Gasteiger partial charge in [0.15, 0.2) is 0 Å². The fourth-order valence-electron chi connectivity index (χ4n) is 1.91. The molecule has 0 fully saturated rings. The molecule has 2 rings (SSSR count). The van der Waals surface area contributed by atoms with E-state index in [4.69, 9.17) is 5.73 Å². The first kappa shape index (κ1) is 15.5. The summed E-state index contributed by atoms with van der Waals surface area (Å²) in [5.74, 6) is -0.00366. The summed E-state index contributed by atoms with van der Waals surface area (Å²) in [6.45, 7) is 2.24. The highest BCUT2D eigenvalue weighted by atomic mass is 32.2. The minimum absolute atomic E-state index is 0.00366. The van der Waals surface area contributed by atoms with E-state index in [-0.39, 0.29) is 5.75 Å². The summed E-state index contributed by atoms with van der Waals surface area (Å²) in [4.78, 5) is 4.13. The number of nitrogens with zero attached hydrogens (tertiary/aromatic N) is 1. The Labute approximate surface area is 125 Å². The number of sulfonamides is 1. The Morgan fingerprint density at radius 1 is 1.24 bits per heavy atom. The number of rotatable bonds is 6. The number of hydrogen-bond donors (Lipinski definition) is 2. The van der Waals surface area contributed by atoms with Crippen molar-refractivity contribution in [1.82, 2.24) is 4.98 Å². The first-order valence-electron chi connectivity index (χ1n) is 6.70. The van der Waals surface area contributed by atoms with Crippen LogP contribution in [0.2, 0.25) is 0 Å². The zero-order chi connectivity index (χ0) is 15.3. The number of nitrogens with one attached hydrogen (secondary N) is 1. The molecule has 3 N–H and O–H groups in total. The molecular weight excluding hydrogens is 286 g/mol. The molecule has 0 unspecified atom stereocenters. The maximum Gasteiger partial charge on any atom is 0.233 e. The highest BCUT2D eigenvalue weighted by molar-refractivity contribution is 7.92. The fourth-order valence-corrected chi connectivity index (χ4v) is 3.04. The third-order valence-electron chi connectivity index (χ3n) is 3.16. The van der Waals surface area contributed by atoms with Gasteiger partial charge in [-0.15, -0.1) is 0 Å². The van der Waals surface area contributed by atoms with E-state index in [1.165, 1.54) is 0 Å². The molecule has 5 nitrogen and oxygen atoms in total. The van der Waals surface area contributed by atoms with Crippen LogP contribution in [-0.4, -0.2) is 19.2 Å². The molecule has 0 aliphatic heterocycles. The van der Waals surface area contributed by atoms with E-state index in [9.17, 15) is 8.42 Å². The number of nitrogens with two attached hydrogens (primary N) is 1. The maximum absolute atomic E-state index is 12.2. The van der Waals surface area contributed by atoms with E-state index < -0.39 is 10.0 Å². The number of anilines is 1. The van der Waals surface area contributed by atoms with Gasteiger partial charge >= 0.3 is 0 Å². The van der Waals surface area contributed by atoms with Gasteiger partial charge in [0.1, 0.15) is 0 Å². The Kier molecular flexibility index (Phi) is 4.93. The van der Waals surface area contributed by atoms with Gasteiger partial charge in [-0.05, 0) is 36.2 Å². The highest BCUT2D eigenvalue weighted by Crippen LogP contribution is 2.18. The lowest BCUT2D eigenvalue weighted by Gasteiger charge is -2.11. The zero-order valence-corrected chi connectivity index (χ0v) is 12.7. The van der Waals surface area contributed by atoms with Crippen LogP contribution in [0.1, 0.15) is 16.8 Å². The van der Waals surface area contributed by atoms with Gasteiger partial charge in [-0.1, -0.05) is 18.2 Å². The van der Waals surface area contributed by atoms with Crippen molar-refractivity contribution in [1.29, 1.82) is 0 Å².